The van der Waals surface area contributed by atoms with Gasteiger partial charge in [0.2, 0.25) is 11.8 Å². The molecule has 0 aliphatic carbocycles. The van der Waals surface area contributed by atoms with Crippen LogP contribution in [0.5, 0.6) is 0 Å². The van der Waals surface area contributed by atoms with Crippen LogP contribution in [0.25, 0.3) is 0 Å². The van der Waals surface area contributed by atoms with E-state index in [-0.39, 0.29) is 11.8 Å². The summed E-state index contributed by atoms with van der Waals surface area (Å²) in [6, 6.07) is 25.8. The Labute approximate surface area is 210 Å². The van der Waals surface area contributed by atoms with Gasteiger partial charge in [0.1, 0.15) is 6.04 Å². The van der Waals surface area contributed by atoms with E-state index in [2.05, 4.69) is 56.4 Å². The molecular formula is C31H38N2O2. The first-order chi connectivity index (χ1) is 16.8. The molecule has 3 rings (SSSR count). The molecule has 3 aromatic rings. The second-order valence-electron chi connectivity index (χ2n) is 9.84. The summed E-state index contributed by atoms with van der Waals surface area (Å²) in [5.74, 6) is 0.227. The first kappa shape index (κ1) is 26.2. The van der Waals surface area contributed by atoms with Gasteiger partial charge in [0.25, 0.3) is 0 Å². The van der Waals surface area contributed by atoms with Crippen molar-refractivity contribution in [1.82, 2.24) is 10.2 Å². The SMILES string of the molecule is Cc1ccc(CCC(=O)N(Cc2cccc(C)c2)[C@H](Cc2ccccc2)C(=O)NCC(C)C)cc1. The van der Waals surface area contributed by atoms with Crippen molar-refractivity contribution in [2.45, 2.75) is 59.5 Å². The summed E-state index contributed by atoms with van der Waals surface area (Å²) >= 11 is 0. The highest BCUT2D eigenvalue weighted by Gasteiger charge is 2.30. The average Bonchev–Trinajstić information content (AvgIpc) is 2.85. The molecule has 35 heavy (non-hydrogen) atoms. The van der Waals surface area contributed by atoms with Gasteiger partial charge in [-0.2, -0.15) is 0 Å². The van der Waals surface area contributed by atoms with Crippen LogP contribution in [-0.2, 0) is 29.0 Å². The van der Waals surface area contributed by atoms with Gasteiger partial charge in [-0.15, -0.1) is 0 Å². The second kappa shape index (κ2) is 12.9. The first-order valence-corrected chi connectivity index (χ1v) is 12.5. The van der Waals surface area contributed by atoms with E-state index in [0.717, 1.165) is 22.3 Å². The minimum absolute atomic E-state index is 0.00675. The van der Waals surface area contributed by atoms with Crippen LogP contribution in [0, 0.1) is 19.8 Å². The number of nitrogens with one attached hydrogen (secondary N) is 1. The smallest absolute Gasteiger partial charge is 0.243 e. The van der Waals surface area contributed by atoms with E-state index >= 15 is 0 Å². The molecule has 0 saturated heterocycles. The maximum absolute atomic E-state index is 13.7. The van der Waals surface area contributed by atoms with Gasteiger partial charge in [-0.25, -0.2) is 0 Å². The number of carbonyl (C=O) groups is 2. The van der Waals surface area contributed by atoms with Gasteiger partial charge in [-0.05, 0) is 42.9 Å². The fraction of sp³-hybridized carbons (Fsp3) is 0.355. The molecular weight excluding hydrogens is 432 g/mol. The zero-order valence-corrected chi connectivity index (χ0v) is 21.5. The van der Waals surface area contributed by atoms with Crippen LogP contribution in [0.15, 0.2) is 78.9 Å². The molecule has 4 nitrogen and oxygen atoms in total. The van der Waals surface area contributed by atoms with E-state index in [9.17, 15) is 9.59 Å². The van der Waals surface area contributed by atoms with Crippen molar-refractivity contribution in [3.05, 3.63) is 107 Å². The maximum atomic E-state index is 13.7. The summed E-state index contributed by atoms with van der Waals surface area (Å²) in [6.45, 7) is 9.24. The second-order valence-corrected chi connectivity index (χ2v) is 9.84. The van der Waals surface area contributed by atoms with E-state index in [1.54, 1.807) is 4.90 Å². The van der Waals surface area contributed by atoms with Gasteiger partial charge in [0, 0.05) is 25.9 Å². The quantitative estimate of drug-likeness (QED) is 0.394. The van der Waals surface area contributed by atoms with Crippen molar-refractivity contribution in [3.63, 3.8) is 0 Å². The van der Waals surface area contributed by atoms with Crippen LogP contribution in [-0.4, -0.2) is 29.3 Å². The molecule has 0 fully saturated rings. The summed E-state index contributed by atoms with van der Waals surface area (Å²) in [6.07, 6.45) is 1.49. The third kappa shape index (κ3) is 8.40. The summed E-state index contributed by atoms with van der Waals surface area (Å²) in [5.41, 5.74) is 5.54. The van der Waals surface area contributed by atoms with Crippen molar-refractivity contribution in [2.24, 2.45) is 5.92 Å². The highest BCUT2D eigenvalue weighted by Crippen LogP contribution is 2.18. The molecule has 1 atom stereocenters. The Morgan fingerprint density at radius 1 is 0.800 bits per heavy atom. The minimum Gasteiger partial charge on any atom is -0.354 e. The normalized spacial score (nSPS) is 11.8. The van der Waals surface area contributed by atoms with Gasteiger partial charge >= 0.3 is 0 Å². The lowest BCUT2D eigenvalue weighted by Crippen LogP contribution is -2.51. The zero-order chi connectivity index (χ0) is 25.2. The Hall–Kier alpha value is -3.40. The molecule has 2 amide bonds. The molecule has 0 aliphatic heterocycles. The minimum atomic E-state index is -0.581. The van der Waals surface area contributed by atoms with Crippen LogP contribution < -0.4 is 5.32 Å². The van der Waals surface area contributed by atoms with Crippen molar-refractivity contribution in [3.8, 4) is 0 Å². The molecule has 0 saturated carbocycles. The highest BCUT2D eigenvalue weighted by molar-refractivity contribution is 5.88. The molecule has 0 radical (unpaired) electrons. The van der Waals surface area contributed by atoms with Crippen LogP contribution in [0.4, 0.5) is 0 Å². The lowest BCUT2D eigenvalue weighted by molar-refractivity contribution is -0.141. The summed E-state index contributed by atoms with van der Waals surface area (Å²) in [7, 11) is 0. The van der Waals surface area contributed by atoms with E-state index in [1.807, 2.05) is 55.5 Å². The van der Waals surface area contributed by atoms with Crippen molar-refractivity contribution in [1.29, 1.82) is 0 Å². The molecule has 1 N–H and O–H groups in total. The summed E-state index contributed by atoms with van der Waals surface area (Å²) < 4.78 is 0. The predicted octanol–water partition coefficient (Wildman–Crippen LogP) is 5.65. The van der Waals surface area contributed by atoms with Gasteiger partial charge in [-0.3, -0.25) is 9.59 Å². The lowest BCUT2D eigenvalue weighted by atomic mass is 10.0. The van der Waals surface area contributed by atoms with Crippen LogP contribution in [0.3, 0.4) is 0 Å². The summed E-state index contributed by atoms with van der Waals surface area (Å²) in [4.78, 5) is 28.9. The van der Waals surface area contributed by atoms with E-state index in [4.69, 9.17) is 0 Å². The Balaban J connectivity index is 1.89. The Kier molecular flexibility index (Phi) is 9.66. The fourth-order valence-electron chi connectivity index (χ4n) is 4.13. The van der Waals surface area contributed by atoms with E-state index in [1.165, 1.54) is 5.56 Å². The van der Waals surface area contributed by atoms with Gasteiger partial charge < -0.3 is 10.2 Å². The molecule has 184 valence electrons. The number of carbonyl (C=O) groups excluding carboxylic acids is 2. The maximum Gasteiger partial charge on any atom is 0.243 e. The van der Waals surface area contributed by atoms with E-state index in [0.29, 0.717) is 38.3 Å². The topological polar surface area (TPSA) is 49.4 Å². The lowest BCUT2D eigenvalue weighted by Gasteiger charge is -2.32. The molecule has 0 bridgehead atoms. The zero-order valence-electron chi connectivity index (χ0n) is 21.5. The van der Waals surface area contributed by atoms with E-state index < -0.39 is 6.04 Å². The standard InChI is InChI=1S/C31H38N2O2/c1-23(2)21-32-31(35)29(20-27-10-6-5-7-11-27)33(22-28-12-8-9-25(4)19-28)30(34)18-17-26-15-13-24(3)14-16-26/h5-16,19,23,29H,17-18,20-22H2,1-4H3,(H,32,35)/t29-/m1/s1. The average molecular weight is 471 g/mol. The number of hydrogen-bond donors (Lipinski definition) is 1. The molecule has 3 aromatic carbocycles. The van der Waals surface area contributed by atoms with Crippen LogP contribution >= 0.6 is 0 Å². The molecule has 0 spiro atoms. The number of amides is 2. The first-order valence-electron chi connectivity index (χ1n) is 12.5. The Morgan fingerprint density at radius 3 is 2.14 bits per heavy atom. The van der Waals surface area contributed by atoms with Crippen molar-refractivity contribution < 1.29 is 9.59 Å². The predicted molar refractivity (Wildman–Crippen MR) is 143 cm³/mol. The van der Waals surface area contributed by atoms with Gasteiger partial charge in [-0.1, -0.05) is 104 Å². The van der Waals surface area contributed by atoms with Gasteiger partial charge in [0.15, 0.2) is 0 Å². The number of nitrogens with zero attached hydrogens (tertiary/aromatic N) is 1. The molecule has 4 heteroatoms. The number of rotatable bonds is 11. The molecule has 0 aromatic heterocycles. The molecule has 0 aliphatic rings. The molecule has 0 unspecified atom stereocenters. The third-order valence-electron chi connectivity index (χ3n) is 6.14. The number of benzene rings is 3. The fourth-order valence-corrected chi connectivity index (χ4v) is 4.13. The largest absolute Gasteiger partial charge is 0.354 e. The van der Waals surface area contributed by atoms with Gasteiger partial charge in [0.05, 0.1) is 0 Å². The highest BCUT2D eigenvalue weighted by atomic mass is 16.2. The molecule has 0 heterocycles. The monoisotopic (exact) mass is 470 g/mol. The Morgan fingerprint density at radius 2 is 1.49 bits per heavy atom. The Bertz CT molecular complexity index is 1090. The number of hydrogen-bond acceptors (Lipinski definition) is 2. The van der Waals surface area contributed by atoms with Crippen LogP contribution in [0.2, 0.25) is 0 Å². The van der Waals surface area contributed by atoms with Crippen LogP contribution in [0.1, 0.15) is 48.1 Å². The number of aryl methyl sites for hydroxylation is 3. The van der Waals surface area contributed by atoms with Crippen molar-refractivity contribution in [2.75, 3.05) is 6.54 Å². The third-order valence-corrected chi connectivity index (χ3v) is 6.14. The summed E-state index contributed by atoms with van der Waals surface area (Å²) in [5, 5.41) is 3.08. The van der Waals surface area contributed by atoms with Crippen molar-refractivity contribution >= 4 is 11.8 Å².